The Morgan fingerprint density at radius 2 is 2.23 bits per heavy atom. The van der Waals surface area contributed by atoms with Crippen molar-refractivity contribution in [2.45, 2.75) is 6.92 Å². The van der Waals surface area contributed by atoms with Crippen LogP contribution in [-0.4, -0.2) is 10.9 Å². The van der Waals surface area contributed by atoms with Crippen molar-refractivity contribution >= 4 is 21.7 Å². The van der Waals surface area contributed by atoms with E-state index in [9.17, 15) is 9.90 Å². The molecule has 0 atom stereocenters. The van der Waals surface area contributed by atoms with Crippen LogP contribution in [0.25, 0.3) is 0 Å². The molecule has 4 heteroatoms. The zero-order valence-corrected chi connectivity index (χ0v) is 8.42. The molecule has 0 aliphatic heterocycles. The van der Waals surface area contributed by atoms with E-state index in [1.807, 2.05) is 0 Å². The van der Waals surface area contributed by atoms with Gasteiger partial charge in [-0.15, -0.1) is 0 Å². The van der Waals surface area contributed by atoms with Gasteiger partial charge in [-0.3, -0.25) is 4.79 Å². The predicted octanol–water partition coefficient (Wildman–Crippen LogP) is 2.23. The minimum atomic E-state index is -0.237. The molecule has 0 fully saturated rings. The van der Waals surface area contributed by atoms with Gasteiger partial charge in [0, 0.05) is 5.56 Å². The summed E-state index contributed by atoms with van der Waals surface area (Å²) in [6.07, 6.45) is 0. The molecule has 3 nitrogen and oxygen atoms in total. The van der Waals surface area contributed by atoms with Crippen LogP contribution in [0.5, 0.6) is 5.75 Å². The van der Waals surface area contributed by atoms with E-state index in [2.05, 4.69) is 15.9 Å². The number of phenols is 1. The lowest BCUT2D eigenvalue weighted by molar-refractivity contribution is 0.101. The van der Waals surface area contributed by atoms with Crippen molar-refractivity contribution in [3.05, 3.63) is 27.7 Å². The second-order valence-corrected chi connectivity index (χ2v) is 3.34. The van der Waals surface area contributed by atoms with Crippen molar-refractivity contribution in [2.24, 2.45) is 0 Å². The Kier molecular flexibility index (Phi) is 2.69. The van der Waals surface area contributed by atoms with E-state index in [0.717, 1.165) is 0 Å². The van der Waals surface area contributed by atoms with Crippen molar-refractivity contribution < 1.29 is 9.90 Å². The number of nitriles is 1. The molecule has 0 aliphatic carbocycles. The van der Waals surface area contributed by atoms with E-state index >= 15 is 0 Å². The maximum absolute atomic E-state index is 11.0. The molecule has 1 N–H and O–H groups in total. The molecule has 0 aromatic heterocycles. The second kappa shape index (κ2) is 3.58. The Morgan fingerprint density at radius 3 is 2.69 bits per heavy atom. The fraction of sp³-hybridized carbons (Fsp3) is 0.111. The highest BCUT2D eigenvalue weighted by Gasteiger charge is 2.13. The van der Waals surface area contributed by atoms with E-state index in [0.29, 0.717) is 4.47 Å². The van der Waals surface area contributed by atoms with Crippen LogP contribution in [0.3, 0.4) is 0 Å². The number of hydrogen-bond acceptors (Lipinski definition) is 3. The fourth-order valence-electron chi connectivity index (χ4n) is 0.972. The number of phenolic OH excluding ortho intramolecular Hbond substituents is 1. The van der Waals surface area contributed by atoms with Crippen LogP contribution in [0.2, 0.25) is 0 Å². The lowest BCUT2D eigenvalue weighted by Crippen LogP contribution is -1.96. The molecule has 66 valence electrons. The highest BCUT2D eigenvalue weighted by molar-refractivity contribution is 9.10. The number of halogens is 1. The molecule has 0 amide bonds. The van der Waals surface area contributed by atoms with Crippen LogP contribution in [0.15, 0.2) is 16.6 Å². The highest BCUT2D eigenvalue weighted by atomic mass is 79.9. The van der Waals surface area contributed by atoms with Crippen molar-refractivity contribution in [3.8, 4) is 11.8 Å². The number of aromatic hydroxyl groups is 1. The van der Waals surface area contributed by atoms with E-state index in [4.69, 9.17) is 5.26 Å². The summed E-state index contributed by atoms with van der Waals surface area (Å²) in [4.78, 5) is 11.0. The molecule has 0 radical (unpaired) electrons. The summed E-state index contributed by atoms with van der Waals surface area (Å²) < 4.78 is 0.411. The predicted molar refractivity (Wildman–Crippen MR) is 50.5 cm³/mol. The molecule has 0 unspecified atom stereocenters. The average Bonchev–Trinajstić information content (AvgIpc) is 2.09. The van der Waals surface area contributed by atoms with Gasteiger partial charge in [0.2, 0.25) is 0 Å². The smallest absolute Gasteiger partial charge is 0.161 e. The minimum Gasteiger partial charge on any atom is -0.505 e. The quantitative estimate of drug-likeness (QED) is 0.765. The third-order valence-electron chi connectivity index (χ3n) is 1.62. The van der Waals surface area contributed by atoms with Crippen molar-refractivity contribution in [1.29, 1.82) is 5.26 Å². The second-order valence-electron chi connectivity index (χ2n) is 2.49. The van der Waals surface area contributed by atoms with Crippen molar-refractivity contribution in [1.82, 2.24) is 0 Å². The number of benzene rings is 1. The Balaban J connectivity index is 3.50. The van der Waals surface area contributed by atoms with E-state index < -0.39 is 0 Å². The van der Waals surface area contributed by atoms with Crippen LogP contribution in [0, 0.1) is 11.3 Å². The molecular formula is C9H6BrNO2. The monoisotopic (exact) mass is 239 g/mol. The fourth-order valence-corrected chi connectivity index (χ4v) is 1.30. The van der Waals surface area contributed by atoms with Crippen LogP contribution < -0.4 is 0 Å². The van der Waals surface area contributed by atoms with Crippen molar-refractivity contribution in [2.75, 3.05) is 0 Å². The first kappa shape index (κ1) is 9.75. The van der Waals surface area contributed by atoms with Gasteiger partial charge in [-0.05, 0) is 35.0 Å². The number of carbonyl (C=O) groups is 1. The molecule has 13 heavy (non-hydrogen) atoms. The molecule has 1 aromatic carbocycles. The van der Waals surface area contributed by atoms with Crippen LogP contribution in [0.4, 0.5) is 0 Å². The van der Waals surface area contributed by atoms with Gasteiger partial charge in [-0.1, -0.05) is 0 Å². The zero-order chi connectivity index (χ0) is 10.0. The Bertz CT molecular complexity index is 407. The molecule has 0 spiro atoms. The van der Waals surface area contributed by atoms with E-state index in [1.165, 1.54) is 19.1 Å². The van der Waals surface area contributed by atoms with Crippen molar-refractivity contribution in [3.63, 3.8) is 0 Å². The maximum atomic E-state index is 11.0. The highest BCUT2D eigenvalue weighted by Crippen LogP contribution is 2.29. The molecule has 0 saturated heterocycles. The Labute approximate surface area is 83.7 Å². The summed E-state index contributed by atoms with van der Waals surface area (Å²) in [5.74, 6) is -0.422. The maximum Gasteiger partial charge on any atom is 0.161 e. The summed E-state index contributed by atoms with van der Waals surface area (Å²) in [5, 5.41) is 18.1. The molecule has 0 saturated carbocycles. The van der Waals surface area contributed by atoms with E-state index in [-0.39, 0.29) is 22.7 Å². The Morgan fingerprint density at radius 1 is 1.62 bits per heavy atom. The minimum absolute atomic E-state index is 0.0156. The first-order valence-corrected chi connectivity index (χ1v) is 4.29. The van der Waals surface area contributed by atoms with E-state index in [1.54, 1.807) is 6.07 Å². The van der Waals surface area contributed by atoms with Gasteiger partial charge in [-0.2, -0.15) is 5.26 Å². The van der Waals surface area contributed by atoms with Gasteiger partial charge in [-0.25, -0.2) is 0 Å². The number of carbonyl (C=O) groups excluding carboxylic acids is 1. The largest absolute Gasteiger partial charge is 0.505 e. The van der Waals surface area contributed by atoms with Crippen LogP contribution in [0.1, 0.15) is 22.8 Å². The SMILES string of the molecule is CC(=O)c1ccc(Br)c(O)c1C#N. The summed E-state index contributed by atoms with van der Waals surface area (Å²) >= 11 is 3.06. The molecule has 0 heterocycles. The third-order valence-corrected chi connectivity index (χ3v) is 2.26. The van der Waals surface area contributed by atoms with Gasteiger partial charge in [0.25, 0.3) is 0 Å². The molecule has 1 aromatic rings. The molecule has 0 aliphatic rings. The number of ketones is 1. The van der Waals surface area contributed by atoms with Gasteiger partial charge < -0.3 is 5.11 Å². The number of nitrogens with zero attached hydrogens (tertiary/aromatic N) is 1. The molecular weight excluding hydrogens is 234 g/mol. The van der Waals surface area contributed by atoms with Gasteiger partial charge in [0.05, 0.1) is 4.47 Å². The molecule has 0 bridgehead atoms. The third kappa shape index (κ3) is 1.70. The Hall–Kier alpha value is -1.34. The summed E-state index contributed by atoms with van der Waals surface area (Å²) in [6.45, 7) is 1.35. The first-order valence-electron chi connectivity index (χ1n) is 3.50. The van der Waals surface area contributed by atoms with Crippen LogP contribution >= 0.6 is 15.9 Å². The van der Waals surface area contributed by atoms with Gasteiger partial charge >= 0.3 is 0 Å². The number of Topliss-reactive ketones (excluding diaryl/α,β-unsaturated/α-hetero) is 1. The summed E-state index contributed by atoms with van der Waals surface area (Å²) in [5.41, 5.74) is 0.255. The number of rotatable bonds is 1. The summed E-state index contributed by atoms with van der Waals surface area (Å²) in [7, 11) is 0. The van der Waals surface area contributed by atoms with Gasteiger partial charge in [0.15, 0.2) is 5.78 Å². The van der Waals surface area contributed by atoms with Gasteiger partial charge in [0.1, 0.15) is 17.4 Å². The number of hydrogen-bond donors (Lipinski definition) is 1. The normalized spacial score (nSPS) is 9.31. The zero-order valence-electron chi connectivity index (χ0n) is 6.84. The lowest BCUT2D eigenvalue weighted by Gasteiger charge is -2.03. The molecule has 1 rings (SSSR count). The standard InChI is InChI=1S/C9H6BrNO2/c1-5(12)6-2-3-8(10)9(13)7(6)4-11/h2-3,13H,1H3. The summed E-state index contributed by atoms with van der Waals surface area (Å²) in [6, 6.07) is 4.82. The first-order chi connectivity index (χ1) is 6.07. The average molecular weight is 240 g/mol. The van der Waals surface area contributed by atoms with Crippen LogP contribution in [-0.2, 0) is 0 Å². The topological polar surface area (TPSA) is 61.1 Å². The lowest BCUT2D eigenvalue weighted by atomic mass is 10.0.